The molecule has 4 nitrogen and oxygen atoms in total. The smallest absolute Gasteiger partial charge is 0.222 e. The summed E-state index contributed by atoms with van der Waals surface area (Å²) in [5, 5.41) is 0. The standard InChI is InChI=1S/C13H25N3O.ClH/c1-13(2)10-15(7-5-11(13)14)8-9-16-6-3-4-12(16)17;/h11H,3-10,14H2,1-2H3;1H. The van der Waals surface area contributed by atoms with Gasteiger partial charge in [0, 0.05) is 38.6 Å². The summed E-state index contributed by atoms with van der Waals surface area (Å²) in [6, 6.07) is 0.312. The molecule has 2 N–H and O–H groups in total. The van der Waals surface area contributed by atoms with Gasteiger partial charge in [-0.05, 0) is 24.8 Å². The molecule has 0 saturated carbocycles. The summed E-state index contributed by atoms with van der Waals surface area (Å²) in [4.78, 5) is 16.0. The molecule has 1 atom stereocenters. The van der Waals surface area contributed by atoms with E-state index < -0.39 is 0 Å². The molecule has 0 spiro atoms. The Balaban J connectivity index is 0.00000162. The fourth-order valence-electron chi connectivity index (χ4n) is 2.88. The van der Waals surface area contributed by atoms with Gasteiger partial charge in [-0.1, -0.05) is 13.8 Å². The second-order valence-corrected chi connectivity index (χ2v) is 6.14. The van der Waals surface area contributed by atoms with Gasteiger partial charge in [0.05, 0.1) is 0 Å². The maximum atomic E-state index is 11.5. The van der Waals surface area contributed by atoms with E-state index in [9.17, 15) is 4.79 Å². The average molecular weight is 276 g/mol. The van der Waals surface area contributed by atoms with Crippen molar-refractivity contribution < 1.29 is 4.79 Å². The van der Waals surface area contributed by atoms with Crippen molar-refractivity contribution in [3.8, 4) is 0 Å². The first-order chi connectivity index (χ1) is 7.99. The summed E-state index contributed by atoms with van der Waals surface area (Å²) in [6.07, 6.45) is 2.85. The minimum atomic E-state index is 0. The van der Waals surface area contributed by atoms with Gasteiger partial charge >= 0.3 is 0 Å². The van der Waals surface area contributed by atoms with Gasteiger partial charge < -0.3 is 15.5 Å². The molecular weight excluding hydrogens is 250 g/mol. The molecule has 1 unspecified atom stereocenters. The van der Waals surface area contributed by atoms with E-state index in [1.165, 1.54) is 0 Å². The Bertz CT molecular complexity index is 296. The maximum Gasteiger partial charge on any atom is 0.222 e. The van der Waals surface area contributed by atoms with Crippen LogP contribution in [0.4, 0.5) is 0 Å². The van der Waals surface area contributed by atoms with Crippen molar-refractivity contribution in [3.05, 3.63) is 0 Å². The minimum absolute atomic E-state index is 0. The Morgan fingerprint density at radius 3 is 2.61 bits per heavy atom. The van der Waals surface area contributed by atoms with E-state index in [-0.39, 0.29) is 17.8 Å². The van der Waals surface area contributed by atoms with E-state index in [4.69, 9.17) is 5.73 Å². The highest BCUT2D eigenvalue weighted by atomic mass is 35.5. The zero-order valence-corrected chi connectivity index (χ0v) is 12.3. The molecule has 0 aromatic heterocycles. The number of halogens is 1. The lowest BCUT2D eigenvalue weighted by molar-refractivity contribution is -0.127. The first kappa shape index (κ1) is 15.7. The second-order valence-electron chi connectivity index (χ2n) is 6.14. The molecule has 1 amide bonds. The number of amides is 1. The number of nitrogens with zero attached hydrogens (tertiary/aromatic N) is 2. The molecule has 2 rings (SSSR count). The van der Waals surface area contributed by atoms with E-state index in [1.54, 1.807) is 0 Å². The van der Waals surface area contributed by atoms with Crippen LogP contribution >= 0.6 is 12.4 Å². The topological polar surface area (TPSA) is 49.6 Å². The van der Waals surface area contributed by atoms with Crippen LogP contribution in [0.1, 0.15) is 33.1 Å². The van der Waals surface area contributed by atoms with E-state index >= 15 is 0 Å². The molecular formula is C13H26ClN3O. The SMILES string of the molecule is CC1(C)CN(CCN2CCCC2=O)CCC1N.Cl. The van der Waals surface area contributed by atoms with Crippen molar-refractivity contribution in [2.75, 3.05) is 32.7 Å². The van der Waals surface area contributed by atoms with Crippen LogP contribution in [0.5, 0.6) is 0 Å². The third-order valence-corrected chi connectivity index (χ3v) is 4.25. The maximum absolute atomic E-state index is 11.5. The lowest BCUT2D eigenvalue weighted by atomic mass is 9.80. The predicted molar refractivity (Wildman–Crippen MR) is 75.9 cm³/mol. The fourth-order valence-corrected chi connectivity index (χ4v) is 2.88. The molecule has 0 radical (unpaired) electrons. The lowest BCUT2D eigenvalue weighted by Crippen LogP contribution is -2.53. The average Bonchev–Trinajstić information content (AvgIpc) is 2.66. The molecule has 0 aromatic carbocycles. The third kappa shape index (κ3) is 3.59. The van der Waals surface area contributed by atoms with Crippen LogP contribution in [-0.2, 0) is 4.79 Å². The summed E-state index contributed by atoms with van der Waals surface area (Å²) in [6.45, 7) is 9.46. The van der Waals surface area contributed by atoms with Gasteiger partial charge in [0.15, 0.2) is 0 Å². The largest absolute Gasteiger partial charge is 0.341 e. The van der Waals surface area contributed by atoms with Gasteiger partial charge in [-0.2, -0.15) is 0 Å². The number of likely N-dealkylation sites (tertiary alicyclic amines) is 2. The van der Waals surface area contributed by atoms with Crippen molar-refractivity contribution in [2.24, 2.45) is 11.1 Å². The monoisotopic (exact) mass is 275 g/mol. The molecule has 2 aliphatic heterocycles. The van der Waals surface area contributed by atoms with Crippen molar-refractivity contribution in [2.45, 2.75) is 39.2 Å². The highest BCUT2D eigenvalue weighted by molar-refractivity contribution is 5.85. The Kier molecular flexibility index (Phi) is 5.44. The Morgan fingerprint density at radius 1 is 1.33 bits per heavy atom. The van der Waals surface area contributed by atoms with Crippen LogP contribution < -0.4 is 5.73 Å². The van der Waals surface area contributed by atoms with E-state index in [2.05, 4.69) is 18.7 Å². The van der Waals surface area contributed by atoms with Gasteiger partial charge in [0.1, 0.15) is 0 Å². The van der Waals surface area contributed by atoms with Crippen molar-refractivity contribution in [1.82, 2.24) is 9.80 Å². The molecule has 2 aliphatic rings. The summed E-state index contributed by atoms with van der Waals surface area (Å²) in [7, 11) is 0. The van der Waals surface area contributed by atoms with Crippen molar-refractivity contribution >= 4 is 18.3 Å². The quantitative estimate of drug-likeness (QED) is 0.839. The molecule has 106 valence electrons. The molecule has 0 bridgehead atoms. The van der Waals surface area contributed by atoms with Crippen LogP contribution in [0.3, 0.4) is 0 Å². The highest BCUT2D eigenvalue weighted by Gasteiger charge is 2.33. The van der Waals surface area contributed by atoms with Crippen molar-refractivity contribution in [3.63, 3.8) is 0 Å². The number of carbonyl (C=O) groups excluding carboxylic acids is 1. The number of piperidine rings is 1. The predicted octanol–water partition coefficient (Wildman–Crippen LogP) is 1.09. The number of nitrogens with two attached hydrogens (primary N) is 1. The number of hydrogen-bond acceptors (Lipinski definition) is 3. The van der Waals surface area contributed by atoms with Crippen molar-refractivity contribution in [1.29, 1.82) is 0 Å². The van der Waals surface area contributed by atoms with E-state index in [1.807, 2.05) is 4.90 Å². The molecule has 0 aliphatic carbocycles. The zero-order chi connectivity index (χ0) is 12.5. The minimum Gasteiger partial charge on any atom is -0.341 e. The van der Waals surface area contributed by atoms with Gasteiger partial charge in [0.2, 0.25) is 5.91 Å². The van der Waals surface area contributed by atoms with E-state index in [0.717, 1.165) is 52.0 Å². The first-order valence-electron chi connectivity index (χ1n) is 6.75. The van der Waals surface area contributed by atoms with Crippen LogP contribution in [-0.4, -0.2) is 54.5 Å². The van der Waals surface area contributed by atoms with Gasteiger partial charge in [-0.15, -0.1) is 12.4 Å². The number of hydrogen-bond donors (Lipinski definition) is 1. The first-order valence-corrected chi connectivity index (χ1v) is 6.75. The zero-order valence-electron chi connectivity index (χ0n) is 11.5. The van der Waals surface area contributed by atoms with Crippen LogP contribution in [0, 0.1) is 5.41 Å². The molecule has 18 heavy (non-hydrogen) atoms. The molecule has 5 heteroatoms. The molecule has 2 heterocycles. The molecule has 2 fully saturated rings. The van der Waals surface area contributed by atoms with Gasteiger partial charge in [0.25, 0.3) is 0 Å². The van der Waals surface area contributed by atoms with Crippen LogP contribution in [0.25, 0.3) is 0 Å². The second kappa shape index (κ2) is 6.22. The summed E-state index contributed by atoms with van der Waals surface area (Å²) in [5.41, 5.74) is 6.33. The summed E-state index contributed by atoms with van der Waals surface area (Å²) >= 11 is 0. The molecule has 2 saturated heterocycles. The Hall–Kier alpha value is -0.320. The summed E-state index contributed by atoms with van der Waals surface area (Å²) < 4.78 is 0. The normalized spacial score (nSPS) is 28.3. The molecule has 0 aromatic rings. The lowest BCUT2D eigenvalue weighted by Gasteiger charge is -2.43. The van der Waals surface area contributed by atoms with Crippen LogP contribution in [0.2, 0.25) is 0 Å². The van der Waals surface area contributed by atoms with Gasteiger partial charge in [-0.25, -0.2) is 0 Å². The summed E-state index contributed by atoms with van der Waals surface area (Å²) in [5.74, 6) is 0.331. The highest BCUT2D eigenvalue weighted by Crippen LogP contribution is 2.27. The van der Waals surface area contributed by atoms with Gasteiger partial charge in [-0.3, -0.25) is 4.79 Å². The third-order valence-electron chi connectivity index (χ3n) is 4.25. The number of rotatable bonds is 3. The van der Waals surface area contributed by atoms with E-state index in [0.29, 0.717) is 11.9 Å². The number of carbonyl (C=O) groups is 1. The van der Waals surface area contributed by atoms with Crippen LogP contribution in [0.15, 0.2) is 0 Å². The Labute approximate surface area is 116 Å². The Morgan fingerprint density at radius 2 is 2.06 bits per heavy atom. The fraction of sp³-hybridized carbons (Fsp3) is 0.923.